The van der Waals surface area contributed by atoms with Crippen molar-refractivity contribution in [1.82, 2.24) is 0 Å². The molecule has 7 nitrogen and oxygen atoms in total. The van der Waals surface area contributed by atoms with E-state index in [0.717, 1.165) is 28.6 Å². The van der Waals surface area contributed by atoms with E-state index in [4.69, 9.17) is 0 Å². The lowest BCUT2D eigenvalue weighted by molar-refractivity contribution is -0.114. The average molecular weight is 442 g/mol. The molecule has 31 heavy (non-hydrogen) atoms. The molecule has 160 valence electrons. The Morgan fingerprint density at radius 1 is 0.968 bits per heavy atom. The molecular formula is C22H19FN2O5S. The highest BCUT2D eigenvalue weighted by molar-refractivity contribution is 7.92. The quantitative estimate of drug-likeness (QED) is 0.566. The summed E-state index contributed by atoms with van der Waals surface area (Å²) in [4.78, 5) is 24.2. The number of ether oxygens (including phenoxy) is 1. The van der Waals surface area contributed by atoms with Crippen molar-refractivity contribution in [3.8, 4) is 0 Å². The number of halogens is 1. The number of hydrogen-bond acceptors (Lipinski definition) is 5. The van der Waals surface area contributed by atoms with Gasteiger partial charge in [0.15, 0.2) is 0 Å². The van der Waals surface area contributed by atoms with Gasteiger partial charge in [0.25, 0.3) is 10.0 Å². The van der Waals surface area contributed by atoms with Crippen LogP contribution in [-0.4, -0.2) is 33.9 Å². The number of nitrogens with one attached hydrogen (secondary N) is 1. The predicted molar refractivity (Wildman–Crippen MR) is 114 cm³/mol. The molecule has 0 aliphatic heterocycles. The first-order valence-corrected chi connectivity index (χ1v) is 10.6. The number of methoxy groups -OCH3 is 1. The largest absolute Gasteiger partial charge is 0.465 e. The molecule has 0 aromatic heterocycles. The molecule has 3 aromatic carbocycles. The van der Waals surface area contributed by atoms with E-state index >= 15 is 0 Å². The van der Waals surface area contributed by atoms with Crippen LogP contribution < -0.4 is 9.62 Å². The minimum Gasteiger partial charge on any atom is -0.465 e. The Bertz CT molecular complexity index is 1180. The van der Waals surface area contributed by atoms with Crippen LogP contribution in [-0.2, 0) is 19.6 Å². The number of benzene rings is 3. The minimum atomic E-state index is -4.15. The van der Waals surface area contributed by atoms with Gasteiger partial charge in [-0.05, 0) is 54.6 Å². The van der Waals surface area contributed by atoms with Crippen molar-refractivity contribution >= 4 is 33.3 Å². The number of esters is 1. The first-order valence-electron chi connectivity index (χ1n) is 9.13. The van der Waals surface area contributed by atoms with E-state index in [2.05, 4.69) is 10.1 Å². The second kappa shape index (κ2) is 9.40. The minimum absolute atomic E-state index is 0.154. The van der Waals surface area contributed by atoms with Gasteiger partial charge in [0, 0.05) is 5.69 Å². The van der Waals surface area contributed by atoms with Crippen molar-refractivity contribution in [3.05, 3.63) is 90.2 Å². The average Bonchev–Trinajstić information content (AvgIpc) is 2.78. The topological polar surface area (TPSA) is 92.8 Å². The van der Waals surface area contributed by atoms with Gasteiger partial charge in [-0.1, -0.05) is 24.3 Å². The SMILES string of the molecule is COC(=O)c1cccc(NC(=O)CN(c2ccccc2)S(=O)(=O)c2ccc(F)cc2)c1. The molecule has 0 aliphatic rings. The van der Waals surface area contributed by atoms with Crippen molar-refractivity contribution in [1.29, 1.82) is 0 Å². The van der Waals surface area contributed by atoms with Gasteiger partial charge in [-0.15, -0.1) is 0 Å². The first kappa shape index (κ1) is 22.0. The number of sulfonamides is 1. The second-order valence-electron chi connectivity index (χ2n) is 6.42. The molecule has 3 aromatic rings. The Hall–Kier alpha value is -3.72. The highest BCUT2D eigenvalue weighted by Crippen LogP contribution is 2.24. The standard InChI is InChI=1S/C22H19FN2O5S/c1-30-22(27)16-6-5-7-18(14-16)24-21(26)15-25(19-8-3-2-4-9-19)31(28,29)20-12-10-17(23)11-13-20/h2-14H,15H2,1H3,(H,24,26). The van der Waals surface area contributed by atoms with Crippen LogP contribution in [0.5, 0.6) is 0 Å². The highest BCUT2D eigenvalue weighted by Gasteiger charge is 2.27. The third-order valence-electron chi connectivity index (χ3n) is 4.30. The summed E-state index contributed by atoms with van der Waals surface area (Å²) in [7, 11) is -2.91. The third kappa shape index (κ3) is 5.26. The molecule has 9 heteroatoms. The molecule has 0 fully saturated rings. The highest BCUT2D eigenvalue weighted by atomic mass is 32.2. The summed E-state index contributed by atoms with van der Waals surface area (Å²) in [5.74, 6) is -1.77. The summed E-state index contributed by atoms with van der Waals surface area (Å²) in [5, 5.41) is 2.58. The molecule has 0 saturated heterocycles. The zero-order valence-corrected chi connectivity index (χ0v) is 17.3. The molecule has 0 heterocycles. The summed E-state index contributed by atoms with van der Waals surface area (Å²) < 4.78 is 45.2. The maximum absolute atomic E-state index is 13.3. The lowest BCUT2D eigenvalue weighted by atomic mass is 10.2. The Morgan fingerprint density at radius 2 is 1.65 bits per heavy atom. The molecular weight excluding hydrogens is 423 g/mol. The maximum Gasteiger partial charge on any atom is 0.337 e. The molecule has 0 atom stereocenters. The number of carbonyl (C=O) groups excluding carboxylic acids is 2. The van der Waals surface area contributed by atoms with Crippen molar-refractivity contribution in [3.63, 3.8) is 0 Å². The third-order valence-corrected chi connectivity index (χ3v) is 6.09. The molecule has 0 bridgehead atoms. The van der Waals surface area contributed by atoms with Gasteiger partial charge in [-0.25, -0.2) is 17.6 Å². The van der Waals surface area contributed by atoms with Crippen molar-refractivity contribution in [2.45, 2.75) is 4.90 Å². The Morgan fingerprint density at radius 3 is 2.29 bits per heavy atom. The first-order chi connectivity index (χ1) is 14.8. The van der Waals surface area contributed by atoms with E-state index in [-0.39, 0.29) is 16.1 Å². The predicted octanol–water partition coefficient (Wildman–Crippen LogP) is 3.45. The molecule has 3 rings (SSSR count). The van der Waals surface area contributed by atoms with E-state index in [0.29, 0.717) is 5.69 Å². The molecule has 1 N–H and O–H groups in total. The fraction of sp³-hybridized carbons (Fsp3) is 0.0909. The van der Waals surface area contributed by atoms with Gasteiger partial charge < -0.3 is 10.1 Å². The van der Waals surface area contributed by atoms with Gasteiger partial charge in [-0.3, -0.25) is 9.10 Å². The van der Waals surface area contributed by atoms with Crippen LogP contribution in [0.4, 0.5) is 15.8 Å². The van der Waals surface area contributed by atoms with Gasteiger partial charge in [0.05, 0.1) is 23.3 Å². The molecule has 0 unspecified atom stereocenters. The van der Waals surface area contributed by atoms with Crippen molar-refractivity contribution < 1.29 is 27.1 Å². The summed E-state index contributed by atoms with van der Waals surface area (Å²) in [6, 6.07) is 18.5. The van der Waals surface area contributed by atoms with E-state index in [1.165, 1.54) is 19.2 Å². The summed E-state index contributed by atoms with van der Waals surface area (Å²) in [6.45, 7) is -0.536. The zero-order chi connectivity index (χ0) is 22.4. The lowest BCUT2D eigenvalue weighted by Crippen LogP contribution is -2.38. The van der Waals surface area contributed by atoms with Gasteiger partial charge in [0.1, 0.15) is 12.4 Å². The normalized spacial score (nSPS) is 10.9. The maximum atomic E-state index is 13.3. The number of carbonyl (C=O) groups is 2. The number of amides is 1. The van der Waals surface area contributed by atoms with Crippen LogP contribution in [0.1, 0.15) is 10.4 Å². The van der Waals surface area contributed by atoms with E-state index < -0.39 is 34.3 Å². The molecule has 0 aliphatic carbocycles. The molecule has 0 spiro atoms. The van der Waals surface area contributed by atoms with Crippen molar-refractivity contribution in [2.24, 2.45) is 0 Å². The Labute approximate surface area is 179 Å². The number of hydrogen-bond donors (Lipinski definition) is 1. The number of anilines is 2. The second-order valence-corrected chi connectivity index (χ2v) is 8.28. The Balaban J connectivity index is 1.88. The van der Waals surface area contributed by atoms with E-state index in [1.54, 1.807) is 42.5 Å². The van der Waals surface area contributed by atoms with Gasteiger partial charge in [0.2, 0.25) is 5.91 Å². The fourth-order valence-electron chi connectivity index (χ4n) is 2.82. The van der Waals surface area contributed by atoms with E-state index in [9.17, 15) is 22.4 Å². The van der Waals surface area contributed by atoms with Crippen molar-refractivity contribution in [2.75, 3.05) is 23.3 Å². The summed E-state index contributed by atoms with van der Waals surface area (Å²) in [6.07, 6.45) is 0. The molecule has 0 radical (unpaired) electrons. The summed E-state index contributed by atoms with van der Waals surface area (Å²) in [5.41, 5.74) is 0.810. The smallest absolute Gasteiger partial charge is 0.337 e. The molecule has 0 saturated carbocycles. The summed E-state index contributed by atoms with van der Waals surface area (Å²) >= 11 is 0. The Kier molecular flexibility index (Phi) is 6.66. The van der Waals surface area contributed by atoms with Crippen LogP contribution >= 0.6 is 0 Å². The van der Waals surface area contributed by atoms with Crippen LogP contribution in [0.3, 0.4) is 0 Å². The van der Waals surface area contributed by atoms with E-state index in [1.807, 2.05) is 0 Å². The van der Waals surface area contributed by atoms with Crippen LogP contribution in [0.25, 0.3) is 0 Å². The molecule has 1 amide bonds. The number of rotatable bonds is 7. The van der Waals surface area contributed by atoms with Gasteiger partial charge in [-0.2, -0.15) is 0 Å². The monoisotopic (exact) mass is 442 g/mol. The zero-order valence-electron chi connectivity index (χ0n) is 16.5. The van der Waals surface area contributed by atoms with Gasteiger partial charge >= 0.3 is 5.97 Å². The van der Waals surface area contributed by atoms with Crippen LogP contribution in [0, 0.1) is 5.82 Å². The van der Waals surface area contributed by atoms with Crippen LogP contribution in [0.2, 0.25) is 0 Å². The fourth-order valence-corrected chi connectivity index (χ4v) is 4.24. The number of nitrogens with zero attached hydrogens (tertiary/aromatic N) is 1. The lowest BCUT2D eigenvalue weighted by Gasteiger charge is -2.24. The van der Waals surface area contributed by atoms with Crippen LogP contribution in [0.15, 0.2) is 83.8 Å². The number of para-hydroxylation sites is 1.